The van der Waals surface area contributed by atoms with Gasteiger partial charge in [0.2, 0.25) is 0 Å². The molecule has 0 bridgehead atoms. The molecule has 3 unspecified atom stereocenters. The Hall–Kier alpha value is -0.0800. The number of hydrogen-bond donors (Lipinski definition) is 1. The van der Waals surface area contributed by atoms with Crippen LogP contribution in [0.4, 0.5) is 0 Å². The normalized spacial score (nSPS) is 31.9. The Morgan fingerprint density at radius 2 is 2.12 bits per heavy atom. The molecule has 2 rings (SSSR count). The summed E-state index contributed by atoms with van der Waals surface area (Å²) in [7, 11) is 0. The fourth-order valence-electron chi connectivity index (χ4n) is 3.57. The minimum atomic E-state index is 0.862. The molecule has 2 aliphatic rings. The van der Waals surface area contributed by atoms with Crippen LogP contribution in [0.3, 0.4) is 0 Å². The largest absolute Gasteiger partial charge is 0.315 e. The standard InChI is InChI=1S/C14H28N2/c1-3-5-6-7-13(4-2)16-9-8-12-10-15-11-14(12)16/h12-15H,3-11H2,1-2H3. The number of hydrogen-bond acceptors (Lipinski definition) is 2. The molecule has 0 radical (unpaired) electrons. The number of likely N-dealkylation sites (tertiary alicyclic amines) is 1. The van der Waals surface area contributed by atoms with E-state index in [1.165, 1.54) is 58.2 Å². The molecule has 2 aliphatic heterocycles. The van der Waals surface area contributed by atoms with Gasteiger partial charge < -0.3 is 5.32 Å². The van der Waals surface area contributed by atoms with E-state index < -0.39 is 0 Å². The molecular formula is C14H28N2. The molecule has 2 fully saturated rings. The molecule has 0 aliphatic carbocycles. The van der Waals surface area contributed by atoms with Crippen molar-refractivity contribution in [3.8, 4) is 0 Å². The molecule has 2 heterocycles. The van der Waals surface area contributed by atoms with E-state index in [9.17, 15) is 0 Å². The third-order valence-electron chi connectivity index (χ3n) is 4.57. The van der Waals surface area contributed by atoms with Crippen molar-refractivity contribution < 1.29 is 0 Å². The molecule has 0 saturated carbocycles. The zero-order chi connectivity index (χ0) is 11.4. The van der Waals surface area contributed by atoms with Crippen molar-refractivity contribution in [3.63, 3.8) is 0 Å². The van der Waals surface area contributed by atoms with Gasteiger partial charge in [-0.3, -0.25) is 4.90 Å². The average molecular weight is 224 g/mol. The summed E-state index contributed by atoms with van der Waals surface area (Å²) >= 11 is 0. The van der Waals surface area contributed by atoms with Crippen molar-refractivity contribution in [3.05, 3.63) is 0 Å². The number of nitrogens with one attached hydrogen (secondary N) is 1. The van der Waals surface area contributed by atoms with Gasteiger partial charge in [0.1, 0.15) is 0 Å². The van der Waals surface area contributed by atoms with E-state index in [0.717, 1.165) is 18.0 Å². The smallest absolute Gasteiger partial charge is 0.0264 e. The highest BCUT2D eigenvalue weighted by Gasteiger charge is 2.39. The van der Waals surface area contributed by atoms with E-state index in [1.807, 2.05) is 0 Å². The molecule has 2 nitrogen and oxygen atoms in total. The summed E-state index contributed by atoms with van der Waals surface area (Å²) < 4.78 is 0. The predicted molar refractivity (Wildman–Crippen MR) is 69.7 cm³/mol. The van der Waals surface area contributed by atoms with Crippen LogP contribution in [-0.2, 0) is 0 Å². The maximum Gasteiger partial charge on any atom is 0.0264 e. The highest BCUT2D eigenvalue weighted by Crippen LogP contribution is 2.31. The van der Waals surface area contributed by atoms with E-state index in [-0.39, 0.29) is 0 Å². The van der Waals surface area contributed by atoms with E-state index in [2.05, 4.69) is 24.1 Å². The van der Waals surface area contributed by atoms with Crippen molar-refractivity contribution in [1.82, 2.24) is 10.2 Å². The van der Waals surface area contributed by atoms with Gasteiger partial charge in [-0.1, -0.05) is 33.1 Å². The van der Waals surface area contributed by atoms with Crippen molar-refractivity contribution in [2.45, 2.75) is 64.5 Å². The van der Waals surface area contributed by atoms with Gasteiger partial charge in [0.25, 0.3) is 0 Å². The van der Waals surface area contributed by atoms with E-state index >= 15 is 0 Å². The summed E-state index contributed by atoms with van der Waals surface area (Å²) in [6, 6.07) is 1.73. The van der Waals surface area contributed by atoms with Crippen LogP contribution in [0, 0.1) is 5.92 Å². The van der Waals surface area contributed by atoms with E-state index in [4.69, 9.17) is 0 Å². The zero-order valence-electron chi connectivity index (χ0n) is 11.0. The van der Waals surface area contributed by atoms with Crippen LogP contribution in [0.15, 0.2) is 0 Å². The van der Waals surface area contributed by atoms with Gasteiger partial charge in [-0.05, 0) is 38.3 Å². The van der Waals surface area contributed by atoms with Crippen LogP contribution in [0.1, 0.15) is 52.4 Å². The Kier molecular flexibility index (Phi) is 4.66. The number of nitrogens with zero attached hydrogens (tertiary/aromatic N) is 1. The Morgan fingerprint density at radius 1 is 1.25 bits per heavy atom. The molecule has 3 atom stereocenters. The molecule has 16 heavy (non-hydrogen) atoms. The van der Waals surface area contributed by atoms with Gasteiger partial charge in [0.15, 0.2) is 0 Å². The molecule has 0 aromatic heterocycles. The van der Waals surface area contributed by atoms with E-state index in [1.54, 1.807) is 0 Å². The van der Waals surface area contributed by atoms with Crippen molar-refractivity contribution in [2.24, 2.45) is 5.92 Å². The SMILES string of the molecule is CCCCCC(CC)N1CCC2CNCC21. The van der Waals surface area contributed by atoms with Crippen LogP contribution in [0.2, 0.25) is 0 Å². The lowest BCUT2D eigenvalue weighted by molar-refractivity contribution is 0.162. The molecule has 0 aromatic carbocycles. The van der Waals surface area contributed by atoms with E-state index in [0.29, 0.717) is 0 Å². The monoisotopic (exact) mass is 224 g/mol. The summed E-state index contributed by atoms with van der Waals surface area (Å²) in [6.07, 6.45) is 8.39. The van der Waals surface area contributed by atoms with Gasteiger partial charge in [-0.15, -0.1) is 0 Å². The van der Waals surface area contributed by atoms with Crippen LogP contribution < -0.4 is 5.32 Å². The first kappa shape index (κ1) is 12.4. The Bertz CT molecular complexity index is 205. The van der Waals surface area contributed by atoms with Gasteiger partial charge in [-0.2, -0.15) is 0 Å². The third-order valence-corrected chi connectivity index (χ3v) is 4.57. The number of fused-ring (bicyclic) bond motifs is 1. The zero-order valence-corrected chi connectivity index (χ0v) is 11.0. The lowest BCUT2D eigenvalue weighted by Crippen LogP contribution is -2.41. The minimum absolute atomic E-state index is 0.862. The molecular weight excluding hydrogens is 196 g/mol. The number of unbranched alkanes of at least 4 members (excludes halogenated alkanes) is 2. The second-order valence-electron chi connectivity index (χ2n) is 5.57. The lowest BCUT2D eigenvalue weighted by atomic mass is 10.0. The first-order chi connectivity index (χ1) is 7.86. The molecule has 1 N–H and O–H groups in total. The molecule has 2 heteroatoms. The van der Waals surface area contributed by atoms with Crippen LogP contribution in [0.25, 0.3) is 0 Å². The summed E-state index contributed by atoms with van der Waals surface area (Å²) in [6.45, 7) is 8.54. The van der Waals surface area contributed by atoms with Crippen molar-refractivity contribution >= 4 is 0 Å². The predicted octanol–water partition coefficient (Wildman–Crippen LogP) is 2.64. The maximum atomic E-state index is 3.56. The van der Waals surface area contributed by atoms with Crippen LogP contribution in [-0.4, -0.2) is 36.6 Å². The average Bonchev–Trinajstić information content (AvgIpc) is 2.87. The first-order valence-corrected chi connectivity index (χ1v) is 7.33. The summed E-state index contributed by atoms with van der Waals surface area (Å²) in [5.41, 5.74) is 0. The minimum Gasteiger partial charge on any atom is -0.315 e. The topological polar surface area (TPSA) is 15.3 Å². The van der Waals surface area contributed by atoms with Gasteiger partial charge in [-0.25, -0.2) is 0 Å². The summed E-state index contributed by atoms with van der Waals surface area (Å²) in [4.78, 5) is 2.82. The van der Waals surface area contributed by atoms with Gasteiger partial charge in [0.05, 0.1) is 0 Å². The van der Waals surface area contributed by atoms with Crippen LogP contribution in [0.5, 0.6) is 0 Å². The highest BCUT2D eigenvalue weighted by atomic mass is 15.2. The highest BCUT2D eigenvalue weighted by molar-refractivity contribution is 4.96. The molecule has 2 saturated heterocycles. The Balaban J connectivity index is 1.83. The van der Waals surface area contributed by atoms with Crippen molar-refractivity contribution in [2.75, 3.05) is 19.6 Å². The first-order valence-electron chi connectivity index (χ1n) is 7.33. The summed E-state index contributed by atoms with van der Waals surface area (Å²) in [5, 5.41) is 3.56. The maximum absolute atomic E-state index is 3.56. The third kappa shape index (κ3) is 2.60. The molecule has 0 amide bonds. The molecule has 94 valence electrons. The molecule has 0 aromatic rings. The fraction of sp³-hybridized carbons (Fsp3) is 1.00. The second kappa shape index (κ2) is 6.02. The Morgan fingerprint density at radius 3 is 2.88 bits per heavy atom. The fourth-order valence-corrected chi connectivity index (χ4v) is 3.57. The summed E-state index contributed by atoms with van der Waals surface area (Å²) in [5.74, 6) is 0.959. The molecule has 0 spiro atoms. The second-order valence-corrected chi connectivity index (χ2v) is 5.57. The van der Waals surface area contributed by atoms with Gasteiger partial charge >= 0.3 is 0 Å². The lowest BCUT2D eigenvalue weighted by Gasteiger charge is -2.32. The van der Waals surface area contributed by atoms with Crippen LogP contribution >= 0.6 is 0 Å². The van der Waals surface area contributed by atoms with Crippen molar-refractivity contribution in [1.29, 1.82) is 0 Å². The number of rotatable bonds is 6. The quantitative estimate of drug-likeness (QED) is 0.698. The Labute approximate surface area is 101 Å². The van der Waals surface area contributed by atoms with Gasteiger partial charge in [0, 0.05) is 18.6 Å².